The zero-order valence-corrected chi connectivity index (χ0v) is 8.51. The smallest absolute Gasteiger partial charge is 0.0179 e. The molecule has 0 N–H and O–H groups in total. The Balaban J connectivity index is 2.64. The van der Waals surface area contributed by atoms with Crippen molar-refractivity contribution in [1.29, 1.82) is 0 Å². The highest BCUT2D eigenvalue weighted by Gasteiger charge is 2.47. The molecule has 0 heteroatoms. The second-order valence-corrected chi connectivity index (χ2v) is 4.60. The Morgan fingerprint density at radius 3 is 2.33 bits per heavy atom. The van der Waals surface area contributed by atoms with E-state index in [0.29, 0.717) is 17.3 Å². The van der Waals surface area contributed by atoms with E-state index in [1.165, 1.54) is 6.42 Å². The molecule has 0 heterocycles. The molecule has 0 amide bonds. The van der Waals surface area contributed by atoms with Crippen molar-refractivity contribution in [3.05, 3.63) is 25.3 Å². The van der Waals surface area contributed by atoms with Gasteiger partial charge in [0, 0.05) is 0 Å². The lowest BCUT2D eigenvalue weighted by atomic mass is 9.51. The van der Waals surface area contributed by atoms with Gasteiger partial charge in [-0.1, -0.05) is 32.9 Å². The average molecular weight is 164 g/mol. The third-order valence-electron chi connectivity index (χ3n) is 3.71. The predicted octanol–water partition coefficient (Wildman–Crippen LogP) is 3.66. The van der Waals surface area contributed by atoms with Gasteiger partial charge in [-0.3, -0.25) is 0 Å². The molecule has 0 bridgehead atoms. The first-order chi connectivity index (χ1) is 5.54. The summed E-state index contributed by atoms with van der Waals surface area (Å²) in [5.74, 6) is 2.17. The maximum atomic E-state index is 3.87. The second kappa shape index (κ2) is 3.08. The van der Waals surface area contributed by atoms with E-state index in [0.717, 1.165) is 5.92 Å². The van der Waals surface area contributed by atoms with Crippen LogP contribution in [0.3, 0.4) is 0 Å². The molecule has 1 unspecified atom stereocenters. The summed E-state index contributed by atoms with van der Waals surface area (Å²) in [6, 6.07) is 0. The number of allylic oxidation sites excluding steroid dienone is 2. The van der Waals surface area contributed by atoms with Crippen LogP contribution < -0.4 is 0 Å². The van der Waals surface area contributed by atoms with Gasteiger partial charge in [0.25, 0.3) is 0 Å². The van der Waals surface area contributed by atoms with Crippen molar-refractivity contribution in [2.45, 2.75) is 27.2 Å². The van der Waals surface area contributed by atoms with E-state index >= 15 is 0 Å². The van der Waals surface area contributed by atoms with Crippen LogP contribution in [0.4, 0.5) is 0 Å². The van der Waals surface area contributed by atoms with Gasteiger partial charge in [-0.05, 0) is 29.6 Å². The van der Waals surface area contributed by atoms with Crippen molar-refractivity contribution < 1.29 is 0 Å². The lowest BCUT2D eigenvalue weighted by Gasteiger charge is -2.53. The third kappa shape index (κ3) is 1.24. The van der Waals surface area contributed by atoms with Crippen molar-refractivity contribution >= 4 is 0 Å². The first-order valence-electron chi connectivity index (χ1n) is 4.79. The van der Waals surface area contributed by atoms with Crippen LogP contribution in [0.1, 0.15) is 27.2 Å². The van der Waals surface area contributed by atoms with E-state index in [1.807, 2.05) is 0 Å². The van der Waals surface area contributed by atoms with Crippen molar-refractivity contribution in [2.75, 3.05) is 0 Å². The van der Waals surface area contributed by atoms with E-state index in [9.17, 15) is 0 Å². The van der Waals surface area contributed by atoms with Crippen LogP contribution in [0, 0.1) is 23.2 Å². The van der Waals surface area contributed by atoms with Crippen LogP contribution >= 0.6 is 0 Å². The number of hydrogen-bond donors (Lipinski definition) is 0. The summed E-state index contributed by atoms with van der Waals surface area (Å²) < 4.78 is 0. The summed E-state index contributed by atoms with van der Waals surface area (Å²) in [7, 11) is 0. The Bertz CT molecular complexity index is 188. The zero-order valence-electron chi connectivity index (χ0n) is 8.51. The van der Waals surface area contributed by atoms with Gasteiger partial charge in [0.2, 0.25) is 0 Å². The van der Waals surface area contributed by atoms with E-state index < -0.39 is 0 Å². The lowest BCUT2D eigenvalue weighted by molar-refractivity contribution is -0.0125. The molecule has 0 aromatic rings. The predicted molar refractivity (Wildman–Crippen MR) is 54.9 cm³/mol. The van der Waals surface area contributed by atoms with Gasteiger partial charge < -0.3 is 0 Å². The highest BCUT2D eigenvalue weighted by Crippen LogP contribution is 2.55. The van der Waals surface area contributed by atoms with Gasteiger partial charge in [-0.15, -0.1) is 13.2 Å². The first-order valence-corrected chi connectivity index (χ1v) is 4.79. The molecule has 0 saturated heterocycles. The van der Waals surface area contributed by atoms with Crippen LogP contribution in [0.2, 0.25) is 0 Å². The van der Waals surface area contributed by atoms with Crippen molar-refractivity contribution in [1.82, 2.24) is 0 Å². The van der Waals surface area contributed by atoms with Gasteiger partial charge in [0.1, 0.15) is 0 Å². The minimum atomic E-state index is 0.440. The molecule has 0 aromatic carbocycles. The average Bonchev–Trinajstić information content (AvgIpc) is 2.03. The Kier molecular flexibility index (Phi) is 2.46. The molecule has 1 saturated carbocycles. The SMILES string of the molecule is C=CC1C[C@@H]([C@H](C)C=C)C1(C)C. The quantitative estimate of drug-likeness (QED) is 0.558. The van der Waals surface area contributed by atoms with Gasteiger partial charge in [0.05, 0.1) is 0 Å². The molecule has 3 atom stereocenters. The van der Waals surface area contributed by atoms with Crippen molar-refractivity contribution in [2.24, 2.45) is 23.2 Å². The van der Waals surface area contributed by atoms with Gasteiger partial charge in [0.15, 0.2) is 0 Å². The number of hydrogen-bond acceptors (Lipinski definition) is 0. The monoisotopic (exact) mass is 164 g/mol. The van der Waals surface area contributed by atoms with E-state index in [1.54, 1.807) is 0 Å². The summed E-state index contributed by atoms with van der Waals surface area (Å²) in [4.78, 5) is 0. The molecule has 1 rings (SSSR count). The van der Waals surface area contributed by atoms with Crippen molar-refractivity contribution in [3.63, 3.8) is 0 Å². The third-order valence-corrected chi connectivity index (χ3v) is 3.71. The summed E-state index contributed by atoms with van der Waals surface area (Å²) in [6.45, 7) is 14.7. The maximum Gasteiger partial charge on any atom is -0.0179 e. The van der Waals surface area contributed by atoms with Crippen LogP contribution in [-0.2, 0) is 0 Å². The van der Waals surface area contributed by atoms with Gasteiger partial charge in [-0.25, -0.2) is 0 Å². The molecule has 0 spiro atoms. The highest BCUT2D eigenvalue weighted by atomic mass is 14.5. The van der Waals surface area contributed by atoms with Crippen LogP contribution in [-0.4, -0.2) is 0 Å². The minimum Gasteiger partial charge on any atom is -0.103 e. The molecule has 1 aliphatic carbocycles. The van der Waals surface area contributed by atoms with Crippen LogP contribution in [0.15, 0.2) is 25.3 Å². The lowest BCUT2D eigenvalue weighted by Crippen LogP contribution is -2.46. The van der Waals surface area contributed by atoms with E-state index in [4.69, 9.17) is 0 Å². The molecule has 68 valence electrons. The van der Waals surface area contributed by atoms with Gasteiger partial charge in [-0.2, -0.15) is 0 Å². The maximum absolute atomic E-state index is 3.87. The Hall–Kier alpha value is -0.520. The van der Waals surface area contributed by atoms with Gasteiger partial charge >= 0.3 is 0 Å². The first kappa shape index (κ1) is 9.57. The molecule has 1 aliphatic rings. The molecular formula is C12H20. The molecular weight excluding hydrogens is 144 g/mol. The molecule has 0 radical (unpaired) electrons. The fourth-order valence-electron chi connectivity index (χ4n) is 2.45. The summed E-state index contributed by atoms with van der Waals surface area (Å²) in [6.07, 6.45) is 5.47. The molecule has 0 aliphatic heterocycles. The fourth-order valence-corrected chi connectivity index (χ4v) is 2.45. The standard InChI is InChI=1S/C12H20/c1-6-9(3)11-8-10(7-2)12(11,4)5/h6-7,9-11H,1-2,8H2,3-5H3/t9-,10?,11+/m1/s1. The van der Waals surface area contributed by atoms with E-state index in [2.05, 4.69) is 46.1 Å². The fraction of sp³-hybridized carbons (Fsp3) is 0.667. The van der Waals surface area contributed by atoms with E-state index in [-0.39, 0.29) is 0 Å². The summed E-state index contributed by atoms with van der Waals surface area (Å²) in [5.41, 5.74) is 0.440. The largest absolute Gasteiger partial charge is 0.103 e. The topological polar surface area (TPSA) is 0 Å². The second-order valence-electron chi connectivity index (χ2n) is 4.60. The highest BCUT2D eigenvalue weighted by molar-refractivity contribution is 5.07. The summed E-state index contributed by atoms with van der Waals surface area (Å²) in [5, 5.41) is 0. The molecule has 1 fully saturated rings. The molecule has 12 heavy (non-hydrogen) atoms. The number of rotatable bonds is 3. The minimum absolute atomic E-state index is 0.440. The van der Waals surface area contributed by atoms with Crippen molar-refractivity contribution in [3.8, 4) is 0 Å². The Morgan fingerprint density at radius 1 is 1.42 bits per heavy atom. The van der Waals surface area contributed by atoms with Crippen LogP contribution in [0.5, 0.6) is 0 Å². The van der Waals surface area contributed by atoms with Crippen LogP contribution in [0.25, 0.3) is 0 Å². The summed E-state index contributed by atoms with van der Waals surface area (Å²) >= 11 is 0. The Labute approximate surface area is 76.4 Å². The molecule has 0 nitrogen and oxygen atoms in total. The molecule has 0 aromatic heterocycles. The normalized spacial score (nSPS) is 34.9. The zero-order chi connectivity index (χ0) is 9.35. The Morgan fingerprint density at radius 2 is 2.00 bits per heavy atom.